The average molecular weight is 310 g/mol. The first-order chi connectivity index (χ1) is 8.25. The molecule has 3 rings (SSSR count). The smallest absolute Gasteiger partial charge is 0.198 e. The van der Waals surface area contributed by atoms with Crippen LogP contribution in [0.3, 0.4) is 0 Å². The zero-order valence-electron chi connectivity index (χ0n) is 8.51. The minimum Gasteiger partial charge on any atom is -0.278 e. The SMILES string of the molecule is Clc1nccn2c(-c3ccc(Br)cc3)nnc12. The van der Waals surface area contributed by atoms with E-state index in [9.17, 15) is 0 Å². The maximum absolute atomic E-state index is 5.94. The Hall–Kier alpha value is -1.46. The molecule has 0 unspecified atom stereocenters. The second-order valence-electron chi connectivity index (χ2n) is 3.44. The molecule has 0 saturated carbocycles. The highest BCUT2D eigenvalue weighted by atomic mass is 79.9. The Morgan fingerprint density at radius 1 is 1.12 bits per heavy atom. The highest BCUT2D eigenvalue weighted by molar-refractivity contribution is 9.10. The molecule has 17 heavy (non-hydrogen) atoms. The second kappa shape index (κ2) is 4.09. The number of aromatic nitrogens is 4. The highest BCUT2D eigenvalue weighted by Crippen LogP contribution is 2.22. The predicted octanol–water partition coefficient (Wildman–Crippen LogP) is 3.21. The van der Waals surface area contributed by atoms with Gasteiger partial charge in [0.25, 0.3) is 0 Å². The third-order valence-electron chi connectivity index (χ3n) is 2.39. The summed E-state index contributed by atoms with van der Waals surface area (Å²) < 4.78 is 2.84. The summed E-state index contributed by atoms with van der Waals surface area (Å²) in [6, 6.07) is 7.85. The van der Waals surface area contributed by atoms with Gasteiger partial charge in [0.05, 0.1) is 0 Å². The molecule has 6 heteroatoms. The molecule has 2 aromatic heterocycles. The molecule has 0 atom stereocenters. The van der Waals surface area contributed by atoms with Gasteiger partial charge >= 0.3 is 0 Å². The largest absolute Gasteiger partial charge is 0.278 e. The van der Waals surface area contributed by atoms with Crippen molar-refractivity contribution in [1.29, 1.82) is 0 Å². The maximum Gasteiger partial charge on any atom is 0.198 e. The summed E-state index contributed by atoms with van der Waals surface area (Å²) in [4.78, 5) is 3.96. The number of halogens is 2. The van der Waals surface area contributed by atoms with Gasteiger partial charge in [0.1, 0.15) is 0 Å². The second-order valence-corrected chi connectivity index (χ2v) is 4.72. The van der Waals surface area contributed by atoms with Gasteiger partial charge in [-0.05, 0) is 12.1 Å². The summed E-state index contributed by atoms with van der Waals surface area (Å²) in [5, 5.41) is 8.50. The van der Waals surface area contributed by atoms with Crippen LogP contribution in [0.2, 0.25) is 5.15 Å². The Kier molecular flexibility index (Phi) is 2.57. The Bertz CT molecular complexity index is 678. The molecule has 0 spiro atoms. The molecule has 2 heterocycles. The van der Waals surface area contributed by atoms with Gasteiger partial charge in [-0.15, -0.1) is 10.2 Å². The Morgan fingerprint density at radius 3 is 2.65 bits per heavy atom. The number of hydrogen-bond donors (Lipinski definition) is 0. The molecular formula is C11H6BrClN4. The molecule has 84 valence electrons. The molecule has 4 nitrogen and oxygen atoms in total. The Labute approximate surface area is 110 Å². The number of rotatable bonds is 1. The van der Waals surface area contributed by atoms with Crippen molar-refractivity contribution in [3.8, 4) is 11.4 Å². The first-order valence-corrected chi connectivity index (χ1v) is 6.04. The van der Waals surface area contributed by atoms with E-state index >= 15 is 0 Å². The van der Waals surface area contributed by atoms with Gasteiger partial charge in [0, 0.05) is 22.4 Å². The molecule has 0 aliphatic rings. The minimum absolute atomic E-state index is 0.350. The molecule has 0 aliphatic carbocycles. The predicted molar refractivity (Wildman–Crippen MR) is 68.9 cm³/mol. The van der Waals surface area contributed by atoms with E-state index in [4.69, 9.17) is 11.6 Å². The Morgan fingerprint density at radius 2 is 1.88 bits per heavy atom. The number of nitrogens with zero attached hydrogens (tertiary/aromatic N) is 4. The fraction of sp³-hybridized carbons (Fsp3) is 0. The van der Waals surface area contributed by atoms with E-state index in [0.29, 0.717) is 10.8 Å². The summed E-state index contributed by atoms with van der Waals surface area (Å²) in [5.41, 5.74) is 1.54. The number of benzene rings is 1. The molecular weight excluding hydrogens is 304 g/mol. The summed E-state index contributed by atoms with van der Waals surface area (Å²) in [7, 11) is 0. The van der Waals surface area contributed by atoms with Crippen molar-refractivity contribution in [1.82, 2.24) is 19.6 Å². The molecule has 0 amide bonds. The van der Waals surface area contributed by atoms with E-state index in [2.05, 4.69) is 31.1 Å². The maximum atomic E-state index is 5.94. The highest BCUT2D eigenvalue weighted by Gasteiger charge is 2.10. The molecule has 1 aromatic carbocycles. The van der Waals surface area contributed by atoms with Gasteiger partial charge in [-0.25, -0.2) is 4.98 Å². The lowest BCUT2D eigenvalue weighted by molar-refractivity contribution is 1.11. The van der Waals surface area contributed by atoms with E-state index in [0.717, 1.165) is 15.9 Å². The normalized spacial score (nSPS) is 10.9. The molecule has 0 radical (unpaired) electrons. The van der Waals surface area contributed by atoms with E-state index in [-0.39, 0.29) is 0 Å². The first kappa shape index (κ1) is 10.7. The molecule has 0 bridgehead atoms. The molecule has 3 aromatic rings. The van der Waals surface area contributed by atoms with Gasteiger partial charge in [0.2, 0.25) is 0 Å². The van der Waals surface area contributed by atoms with Crippen LogP contribution in [0.15, 0.2) is 41.1 Å². The number of fused-ring (bicyclic) bond motifs is 1. The quantitative estimate of drug-likeness (QED) is 0.693. The van der Waals surface area contributed by atoms with Gasteiger partial charge in [-0.2, -0.15) is 0 Å². The van der Waals surface area contributed by atoms with Crippen molar-refractivity contribution in [3.05, 3.63) is 46.3 Å². The lowest BCUT2D eigenvalue weighted by Gasteiger charge is -2.00. The van der Waals surface area contributed by atoms with Gasteiger partial charge < -0.3 is 0 Å². The number of hydrogen-bond acceptors (Lipinski definition) is 3. The fourth-order valence-electron chi connectivity index (χ4n) is 1.59. The lowest BCUT2D eigenvalue weighted by Crippen LogP contribution is -1.90. The molecule has 0 aliphatic heterocycles. The summed E-state index contributed by atoms with van der Waals surface area (Å²) >= 11 is 9.34. The zero-order valence-corrected chi connectivity index (χ0v) is 10.9. The minimum atomic E-state index is 0.350. The third kappa shape index (κ3) is 1.81. The van der Waals surface area contributed by atoms with E-state index < -0.39 is 0 Å². The van der Waals surface area contributed by atoms with Crippen molar-refractivity contribution in [3.63, 3.8) is 0 Å². The van der Waals surface area contributed by atoms with E-state index in [1.807, 2.05) is 28.7 Å². The Balaban J connectivity index is 2.24. The van der Waals surface area contributed by atoms with E-state index in [1.165, 1.54) is 0 Å². The molecule has 0 saturated heterocycles. The van der Waals surface area contributed by atoms with Crippen LogP contribution < -0.4 is 0 Å². The first-order valence-electron chi connectivity index (χ1n) is 4.87. The molecule has 0 fully saturated rings. The van der Waals surface area contributed by atoms with Crippen LogP contribution in [0.25, 0.3) is 17.0 Å². The van der Waals surface area contributed by atoms with Crippen LogP contribution in [0.4, 0.5) is 0 Å². The van der Waals surface area contributed by atoms with E-state index in [1.54, 1.807) is 12.4 Å². The standard InChI is InChI=1S/C11H6BrClN4/c12-8-3-1-7(2-4-8)10-15-16-11-9(13)14-5-6-17(10)11/h1-6H. The van der Waals surface area contributed by atoms with Crippen LogP contribution in [-0.2, 0) is 0 Å². The van der Waals surface area contributed by atoms with Gasteiger partial charge in [-0.1, -0.05) is 39.7 Å². The zero-order chi connectivity index (χ0) is 11.8. The molecule has 0 N–H and O–H groups in total. The summed E-state index contributed by atoms with van der Waals surface area (Å²) in [5.74, 6) is 0.747. The van der Waals surface area contributed by atoms with Crippen molar-refractivity contribution in [2.75, 3.05) is 0 Å². The van der Waals surface area contributed by atoms with Crippen molar-refractivity contribution < 1.29 is 0 Å². The van der Waals surface area contributed by atoms with Crippen molar-refractivity contribution in [2.45, 2.75) is 0 Å². The third-order valence-corrected chi connectivity index (χ3v) is 3.18. The van der Waals surface area contributed by atoms with Crippen LogP contribution >= 0.6 is 27.5 Å². The van der Waals surface area contributed by atoms with Crippen LogP contribution in [-0.4, -0.2) is 19.6 Å². The summed E-state index contributed by atoms with van der Waals surface area (Å²) in [6.07, 6.45) is 3.42. The lowest BCUT2D eigenvalue weighted by atomic mass is 10.2. The van der Waals surface area contributed by atoms with Crippen molar-refractivity contribution >= 4 is 33.2 Å². The summed E-state index contributed by atoms with van der Waals surface area (Å²) in [6.45, 7) is 0. The van der Waals surface area contributed by atoms with Gasteiger partial charge in [-0.3, -0.25) is 4.40 Å². The fourth-order valence-corrected chi connectivity index (χ4v) is 2.04. The topological polar surface area (TPSA) is 43.1 Å². The van der Waals surface area contributed by atoms with Crippen LogP contribution in [0.1, 0.15) is 0 Å². The van der Waals surface area contributed by atoms with Crippen LogP contribution in [0.5, 0.6) is 0 Å². The monoisotopic (exact) mass is 308 g/mol. The van der Waals surface area contributed by atoms with Crippen molar-refractivity contribution in [2.24, 2.45) is 0 Å². The van der Waals surface area contributed by atoms with Gasteiger partial charge in [0.15, 0.2) is 16.6 Å². The average Bonchev–Trinajstić information content (AvgIpc) is 2.75. The van der Waals surface area contributed by atoms with Crippen LogP contribution in [0, 0.1) is 0 Å².